The van der Waals surface area contributed by atoms with E-state index in [0.29, 0.717) is 0 Å². The Morgan fingerprint density at radius 1 is 1.27 bits per heavy atom. The van der Waals surface area contributed by atoms with Crippen molar-refractivity contribution in [1.82, 2.24) is 4.90 Å². The van der Waals surface area contributed by atoms with E-state index in [1.165, 1.54) is 0 Å². The number of hydrogen-bond acceptors (Lipinski definition) is 2. The summed E-state index contributed by atoms with van der Waals surface area (Å²) in [6, 6.07) is 6.57. The van der Waals surface area contributed by atoms with Crippen LogP contribution in [0.4, 0.5) is 13.2 Å². The van der Waals surface area contributed by atoms with Gasteiger partial charge in [0.2, 0.25) is 0 Å². The van der Waals surface area contributed by atoms with E-state index in [0.717, 1.165) is 16.9 Å². The molecule has 0 spiro atoms. The van der Waals surface area contributed by atoms with Crippen molar-refractivity contribution in [2.24, 2.45) is 5.41 Å². The van der Waals surface area contributed by atoms with Gasteiger partial charge < -0.3 is 10.0 Å². The average molecular weight is 315 g/mol. The van der Waals surface area contributed by atoms with Gasteiger partial charge in [0, 0.05) is 18.7 Å². The standard InChI is InChI=1S/C15H16F3NO3/c1-2-10-3-5-11(6-4-10)12(20)19-8-7-14(9-19,13(21)22)15(16,17)18/h3-6H,2,7-9H2,1H3,(H,21,22). The lowest BCUT2D eigenvalue weighted by Crippen LogP contribution is -2.47. The summed E-state index contributed by atoms with van der Waals surface area (Å²) in [6.07, 6.45) is -4.72. The van der Waals surface area contributed by atoms with Gasteiger partial charge in [-0.2, -0.15) is 13.2 Å². The number of hydrogen-bond donors (Lipinski definition) is 1. The molecule has 0 aliphatic carbocycles. The van der Waals surface area contributed by atoms with E-state index >= 15 is 0 Å². The minimum Gasteiger partial charge on any atom is -0.481 e. The number of rotatable bonds is 3. The van der Waals surface area contributed by atoms with Crippen molar-refractivity contribution in [3.63, 3.8) is 0 Å². The number of likely N-dealkylation sites (tertiary alicyclic amines) is 1. The van der Waals surface area contributed by atoms with Crippen molar-refractivity contribution in [1.29, 1.82) is 0 Å². The van der Waals surface area contributed by atoms with Crippen LogP contribution < -0.4 is 0 Å². The molecule has 22 heavy (non-hydrogen) atoms. The summed E-state index contributed by atoms with van der Waals surface area (Å²) in [5, 5.41) is 8.98. The number of aliphatic carboxylic acids is 1. The van der Waals surface area contributed by atoms with E-state index in [9.17, 15) is 22.8 Å². The topological polar surface area (TPSA) is 57.6 Å². The molecule has 1 aliphatic heterocycles. The van der Waals surface area contributed by atoms with Crippen LogP contribution in [-0.2, 0) is 11.2 Å². The van der Waals surface area contributed by atoms with E-state index in [2.05, 4.69) is 0 Å². The Balaban J connectivity index is 2.21. The fourth-order valence-corrected chi connectivity index (χ4v) is 2.58. The highest BCUT2D eigenvalue weighted by molar-refractivity contribution is 5.95. The predicted molar refractivity (Wildman–Crippen MR) is 72.5 cm³/mol. The molecule has 1 heterocycles. The number of amides is 1. The Kier molecular flexibility index (Phi) is 4.17. The Bertz CT molecular complexity index is 583. The van der Waals surface area contributed by atoms with Gasteiger partial charge in [-0.1, -0.05) is 19.1 Å². The lowest BCUT2D eigenvalue weighted by atomic mass is 9.86. The number of benzene rings is 1. The summed E-state index contributed by atoms with van der Waals surface area (Å²) in [6.45, 7) is 0.877. The molecule has 0 radical (unpaired) electrons. The maximum Gasteiger partial charge on any atom is 0.406 e. The maximum absolute atomic E-state index is 13.1. The molecule has 1 unspecified atom stereocenters. The zero-order chi connectivity index (χ0) is 16.5. The van der Waals surface area contributed by atoms with Crippen LogP contribution in [0.1, 0.15) is 29.3 Å². The molecule has 1 atom stereocenters. The van der Waals surface area contributed by atoms with Crippen LogP contribution in [0.3, 0.4) is 0 Å². The molecule has 1 amide bonds. The van der Waals surface area contributed by atoms with Crippen molar-refractivity contribution >= 4 is 11.9 Å². The zero-order valence-corrected chi connectivity index (χ0v) is 12.0. The number of carboxylic acid groups (broad SMARTS) is 1. The van der Waals surface area contributed by atoms with E-state index in [1.54, 1.807) is 24.3 Å². The van der Waals surface area contributed by atoms with Gasteiger partial charge in [0.1, 0.15) is 0 Å². The summed E-state index contributed by atoms with van der Waals surface area (Å²) in [4.78, 5) is 24.3. The first kappa shape index (κ1) is 16.3. The molecule has 1 aromatic rings. The first-order valence-electron chi connectivity index (χ1n) is 6.89. The van der Waals surface area contributed by atoms with Crippen molar-refractivity contribution in [3.05, 3.63) is 35.4 Å². The summed E-state index contributed by atoms with van der Waals surface area (Å²) in [5.41, 5.74) is -1.60. The highest BCUT2D eigenvalue weighted by Crippen LogP contribution is 2.45. The highest BCUT2D eigenvalue weighted by Gasteiger charge is 2.64. The second kappa shape index (κ2) is 5.62. The van der Waals surface area contributed by atoms with E-state index in [-0.39, 0.29) is 12.1 Å². The van der Waals surface area contributed by atoms with Gasteiger partial charge in [-0.25, -0.2) is 0 Å². The molecule has 1 aliphatic rings. The quantitative estimate of drug-likeness (QED) is 0.933. The molecule has 4 nitrogen and oxygen atoms in total. The van der Waals surface area contributed by atoms with Crippen molar-refractivity contribution in [2.75, 3.05) is 13.1 Å². The van der Waals surface area contributed by atoms with Gasteiger partial charge in [0.25, 0.3) is 5.91 Å². The summed E-state index contributed by atoms with van der Waals surface area (Å²) < 4.78 is 39.3. The first-order chi connectivity index (χ1) is 10.2. The van der Waals surface area contributed by atoms with Crippen LogP contribution >= 0.6 is 0 Å². The van der Waals surface area contributed by atoms with Crippen molar-refractivity contribution in [2.45, 2.75) is 25.9 Å². The largest absolute Gasteiger partial charge is 0.481 e. The van der Waals surface area contributed by atoms with Crippen LogP contribution in [0.5, 0.6) is 0 Å². The van der Waals surface area contributed by atoms with Crippen LogP contribution in [-0.4, -0.2) is 41.1 Å². The third-order valence-corrected chi connectivity index (χ3v) is 4.12. The van der Waals surface area contributed by atoms with Gasteiger partial charge in [-0.3, -0.25) is 9.59 Å². The van der Waals surface area contributed by atoms with Crippen LogP contribution in [0.2, 0.25) is 0 Å². The number of carbonyl (C=O) groups is 2. The second-order valence-corrected chi connectivity index (χ2v) is 5.41. The lowest BCUT2D eigenvalue weighted by molar-refractivity contribution is -0.227. The number of alkyl halides is 3. The van der Waals surface area contributed by atoms with Gasteiger partial charge in [-0.05, 0) is 30.5 Å². The smallest absolute Gasteiger partial charge is 0.406 e. The van der Waals surface area contributed by atoms with Gasteiger partial charge in [0.15, 0.2) is 5.41 Å². The number of halogens is 3. The Morgan fingerprint density at radius 3 is 2.27 bits per heavy atom. The number of carboxylic acids is 1. The molecule has 2 rings (SSSR count). The minimum absolute atomic E-state index is 0.222. The van der Waals surface area contributed by atoms with Crippen LogP contribution in [0.25, 0.3) is 0 Å². The molecule has 1 aromatic carbocycles. The number of aryl methyl sites for hydroxylation is 1. The average Bonchev–Trinajstić information content (AvgIpc) is 2.93. The zero-order valence-electron chi connectivity index (χ0n) is 12.0. The normalized spacial score (nSPS) is 21.9. The first-order valence-corrected chi connectivity index (χ1v) is 6.89. The Hall–Kier alpha value is -2.05. The minimum atomic E-state index is -4.89. The molecular formula is C15H16F3NO3. The van der Waals surface area contributed by atoms with Crippen LogP contribution in [0, 0.1) is 5.41 Å². The fraction of sp³-hybridized carbons (Fsp3) is 0.467. The third kappa shape index (κ3) is 2.67. The Morgan fingerprint density at radius 2 is 1.86 bits per heavy atom. The van der Waals surface area contributed by atoms with Crippen molar-refractivity contribution < 1.29 is 27.9 Å². The van der Waals surface area contributed by atoms with E-state index in [1.807, 2.05) is 6.92 Å². The van der Waals surface area contributed by atoms with Gasteiger partial charge in [-0.15, -0.1) is 0 Å². The lowest BCUT2D eigenvalue weighted by Gasteiger charge is -2.27. The molecule has 1 saturated heterocycles. The number of nitrogens with zero attached hydrogens (tertiary/aromatic N) is 1. The fourth-order valence-electron chi connectivity index (χ4n) is 2.58. The van der Waals surface area contributed by atoms with E-state index in [4.69, 9.17) is 5.11 Å². The third-order valence-electron chi connectivity index (χ3n) is 4.12. The molecule has 0 bridgehead atoms. The van der Waals surface area contributed by atoms with Gasteiger partial charge in [0.05, 0.1) is 0 Å². The summed E-state index contributed by atoms with van der Waals surface area (Å²) in [5.74, 6) is -2.51. The SMILES string of the molecule is CCc1ccc(C(=O)N2CCC(C(=O)O)(C(F)(F)F)C2)cc1. The van der Waals surface area contributed by atoms with Crippen LogP contribution in [0.15, 0.2) is 24.3 Å². The molecule has 1 N–H and O–H groups in total. The van der Waals surface area contributed by atoms with E-state index < -0.39 is 36.4 Å². The predicted octanol–water partition coefficient (Wildman–Crippen LogP) is 2.73. The monoisotopic (exact) mass is 315 g/mol. The Labute approximate surface area is 125 Å². The molecule has 0 aromatic heterocycles. The molecule has 0 saturated carbocycles. The highest BCUT2D eigenvalue weighted by atomic mass is 19.4. The summed E-state index contributed by atoms with van der Waals surface area (Å²) in [7, 11) is 0. The molecule has 1 fully saturated rings. The number of carbonyl (C=O) groups excluding carboxylic acids is 1. The molecule has 120 valence electrons. The second-order valence-electron chi connectivity index (χ2n) is 5.41. The van der Waals surface area contributed by atoms with Crippen molar-refractivity contribution in [3.8, 4) is 0 Å². The van der Waals surface area contributed by atoms with Gasteiger partial charge >= 0.3 is 12.1 Å². The molecular weight excluding hydrogens is 299 g/mol. The maximum atomic E-state index is 13.1. The molecule has 7 heteroatoms. The summed E-state index contributed by atoms with van der Waals surface area (Å²) >= 11 is 0.